The van der Waals surface area contributed by atoms with E-state index < -0.39 is 22.4 Å². The van der Waals surface area contributed by atoms with Gasteiger partial charge in [0.15, 0.2) is 0 Å². The minimum Gasteiger partial charge on any atom is -0.450 e. The van der Waals surface area contributed by atoms with Gasteiger partial charge in [0.1, 0.15) is 5.75 Å². The van der Waals surface area contributed by atoms with Gasteiger partial charge in [-0.15, -0.1) is 0 Å². The fraction of sp³-hybridized carbons (Fsp3) is 0.278. The summed E-state index contributed by atoms with van der Waals surface area (Å²) in [5.74, 6) is -0.248. The van der Waals surface area contributed by atoms with Gasteiger partial charge in [-0.3, -0.25) is 14.9 Å². The normalized spacial score (nSPS) is 14.3. The van der Waals surface area contributed by atoms with Crippen LogP contribution < -0.4 is 4.74 Å². The molecule has 0 radical (unpaired) electrons. The molecule has 1 fully saturated rings. The summed E-state index contributed by atoms with van der Waals surface area (Å²) >= 11 is 0. The summed E-state index contributed by atoms with van der Waals surface area (Å²) in [7, 11) is 0. The number of likely N-dealkylation sites (tertiary alicyclic amines) is 1. The fourth-order valence-electron chi connectivity index (χ4n) is 2.82. The number of benzene rings is 2. The standard InChI is InChI=1S/C18H15F3N2O4/c19-18(20,21)13-5-8-16(15(11-13)23(25)26)27-14-6-3-12(4-7-14)17(24)22-9-1-2-10-22/h3-8,11H,1-2,9-10H2. The van der Waals surface area contributed by atoms with Crippen LogP contribution in [0.2, 0.25) is 0 Å². The molecule has 0 aromatic heterocycles. The molecule has 0 atom stereocenters. The molecule has 1 saturated heterocycles. The van der Waals surface area contributed by atoms with E-state index in [0.29, 0.717) is 30.8 Å². The van der Waals surface area contributed by atoms with Crippen molar-refractivity contribution in [2.75, 3.05) is 13.1 Å². The molecule has 1 aliphatic heterocycles. The van der Waals surface area contributed by atoms with Crippen molar-refractivity contribution in [1.82, 2.24) is 4.90 Å². The number of carbonyl (C=O) groups excluding carboxylic acids is 1. The molecule has 27 heavy (non-hydrogen) atoms. The predicted molar refractivity (Wildman–Crippen MR) is 89.8 cm³/mol. The number of hydrogen-bond donors (Lipinski definition) is 0. The predicted octanol–water partition coefficient (Wildman–Crippen LogP) is 4.64. The van der Waals surface area contributed by atoms with Gasteiger partial charge in [-0.25, -0.2) is 0 Å². The van der Waals surface area contributed by atoms with Crippen molar-refractivity contribution in [1.29, 1.82) is 0 Å². The minimum absolute atomic E-state index is 0.112. The van der Waals surface area contributed by atoms with Crippen LogP contribution in [0.15, 0.2) is 42.5 Å². The first kappa shape index (κ1) is 18.7. The molecule has 9 heteroatoms. The lowest BCUT2D eigenvalue weighted by Crippen LogP contribution is -2.27. The number of amides is 1. The Labute approximate surface area is 152 Å². The number of carbonyl (C=O) groups is 1. The molecular weight excluding hydrogens is 365 g/mol. The zero-order chi connectivity index (χ0) is 19.6. The van der Waals surface area contributed by atoms with E-state index in [-0.39, 0.29) is 17.4 Å². The number of ether oxygens (including phenoxy) is 1. The van der Waals surface area contributed by atoms with Crippen LogP contribution >= 0.6 is 0 Å². The highest BCUT2D eigenvalue weighted by Crippen LogP contribution is 2.37. The highest BCUT2D eigenvalue weighted by atomic mass is 19.4. The van der Waals surface area contributed by atoms with Gasteiger partial charge < -0.3 is 9.64 Å². The average Bonchev–Trinajstić information content (AvgIpc) is 3.15. The van der Waals surface area contributed by atoms with Gasteiger partial charge in [0.2, 0.25) is 5.75 Å². The number of nitrogens with zero attached hydrogens (tertiary/aromatic N) is 2. The SMILES string of the molecule is O=C(c1ccc(Oc2ccc(C(F)(F)F)cc2[N+](=O)[O-])cc1)N1CCCC1. The first-order valence-corrected chi connectivity index (χ1v) is 8.18. The van der Waals surface area contributed by atoms with Crippen LogP contribution in [-0.2, 0) is 6.18 Å². The number of nitro groups is 1. The lowest BCUT2D eigenvalue weighted by atomic mass is 10.1. The average molecular weight is 380 g/mol. The van der Waals surface area contributed by atoms with E-state index in [1.807, 2.05) is 0 Å². The molecule has 0 aliphatic carbocycles. The molecule has 6 nitrogen and oxygen atoms in total. The summed E-state index contributed by atoms with van der Waals surface area (Å²) in [6.07, 6.45) is -2.77. The van der Waals surface area contributed by atoms with E-state index in [4.69, 9.17) is 4.74 Å². The maximum absolute atomic E-state index is 12.7. The highest BCUT2D eigenvalue weighted by molar-refractivity contribution is 5.94. The second kappa shape index (κ2) is 7.26. The zero-order valence-corrected chi connectivity index (χ0v) is 14.0. The molecule has 2 aromatic rings. The van der Waals surface area contributed by atoms with Gasteiger partial charge >= 0.3 is 11.9 Å². The Bertz CT molecular complexity index is 860. The first-order chi connectivity index (χ1) is 12.8. The van der Waals surface area contributed by atoms with Crippen LogP contribution in [0.4, 0.5) is 18.9 Å². The number of rotatable bonds is 4. The number of alkyl halides is 3. The Morgan fingerprint density at radius 1 is 1.07 bits per heavy atom. The maximum atomic E-state index is 12.7. The summed E-state index contributed by atoms with van der Waals surface area (Å²) in [6, 6.07) is 7.99. The summed E-state index contributed by atoms with van der Waals surface area (Å²) in [5, 5.41) is 11.1. The molecule has 1 aliphatic rings. The van der Waals surface area contributed by atoms with Crippen LogP contribution in [0, 0.1) is 10.1 Å². The van der Waals surface area contributed by atoms with E-state index in [1.54, 1.807) is 4.90 Å². The summed E-state index contributed by atoms with van der Waals surface area (Å²) in [6.45, 7) is 1.41. The van der Waals surface area contributed by atoms with Gasteiger partial charge in [-0.1, -0.05) is 0 Å². The lowest BCUT2D eigenvalue weighted by molar-refractivity contribution is -0.385. The molecular formula is C18H15F3N2O4. The highest BCUT2D eigenvalue weighted by Gasteiger charge is 2.33. The third kappa shape index (κ3) is 4.18. The Kier molecular flexibility index (Phi) is 5.02. The molecule has 1 heterocycles. The van der Waals surface area contributed by atoms with Crippen LogP contribution in [0.1, 0.15) is 28.8 Å². The second-order valence-corrected chi connectivity index (χ2v) is 6.06. The summed E-state index contributed by atoms with van der Waals surface area (Å²) in [4.78, 5) is 24.2. The molecule has 0 spiro atoms. The van der Waals surface area contributed by atoms with Crippen molar-refractivity contribution in [3.63, 3.8) is 0 Å². The minimum atomic E-state index is -4.69. The van der Waals surface area contributed by atoms with E-state index in [9.17, 15) is 28.1 Å². The molecule has 0 N–H and O–H groups in total. The van der Waals surface area contributed by atoms with Crippen LogP contribution in [0.25, 0.3) is 0 Å². The molecule has 1 amide bonds. The van der Waals surface area contributed by atoms with E-state index in [1.165, 1.54) is 24.3 Å². The summed E-state index contributed by atoms with van der Waals surface area (Å²) in [5.41, 5.74) is -1.47. The van der Waals surface area contributed by atoms with Gasteiger partial charge in [-0.2, -0.15) is 13.2 Å². The fourth-order valence-corrected chi connectivity index (χ4v) is 2.82. The van der Waals surface area contributed by atoms with Gasteiger partial charge in [0.25, 0.3) is 5.91 Å². The van der Waals surface area contributed by atoms with E-state index in [2.05, 4.69) is 0 Å². The van der Waals surface area contributed by atoms with E-state index in [0.717, 1.165) is 18.9 Å². The lowest BCUT2D eigenvalue weighted by Gasteiger charge is -2.15. The van der Waals surface area contributed by atoms with Crippen LogP contribution in [0.5, 0.6) is 11.5 Å². The third-order valence-electron chi connectivity index (χ3n) is 4.21. The van der Waals surface area contributed by atoms with Crippen molar-refractivity contribution in [2.24, 2.45) is 0 Å². The molecule has 2 aromatic carbocycles. The second-order valence-electron chi connectivity index (χ2n) is 6.06. The van der Waals surface area contributed by atoms with Crippen molar-refractivity contribution >= 4 is 11.6 Å². The molecule has 3 rings (SSSR count). The number of hydrogen-bond acceptors (Lipinski definition) is 4. The third-order valence-corrected chi connectivity index (χ3v) is 4.21. The van der Waals surface area contributed by atoms with Crippen molar-refractivity contribution in [3.05, 3.63) is 63.7 Å². The van der Waals surface area contributed by atoms with Gasteiger partial charge in [-0.05, 0) is 49.2 Å². The Morgan fingerprint density at radius 3 is 2.26 bits per heavy atom. The smallest absolute Gasteiger partial charge is 0.416 e. The van der Waals surface area contributed by atoms with Crippen molar-refractivity contribution < 1.29 is 27.6 Å². The van der Waals surface area contributed by atoms with Gasteiger partial charge in [0.05, 0.1) is 10.5 Å². The number of halogens is 3. The largest absolute Gasteiger partial charge is 0.450 e. The quantitative estimate of drug-likeness (QED) is 0.572. The van der Waals surface area contributed by atoms with Crippen LogP contribution in [0.3, 0.4) is 0 Å². The molecule has 142 valence electrons. The Morgan fingerprint density at radius 2 is 1.70 bits per heavy atom. The summed E-state index contributed by atoms with van der Waals surface area (Å²) < 4.78 is 43.6. The number of nitro benzene ring substituents is 1. The topological polar surface area (TPSA) is 72.7 Å². The molecule has 0 bridgehead atoms. The first-order valence-electron chi connectivity index (χ1n) is 8.18. The van der Waals surface area contributed by atoms with Gasteiger partial charge in [0, 0.05) is 24.7 Å². The monoisotopic (exact) mass is 380 g/mol. The Hall–Kier alpha value is -3.10. The van der Waals surface area contributed by atoms with E-state index >= 15 is 0 Å². The zero-order valence-electron chi connectivity index (χ0n) is 14.0. The van der Waals surface area contributed by atoms with Crippen LogP contribution in [-0.4, -0.2) is 28.8 Å². The Balaban J connectivity index is 1.80. The molecule has 0 unspecified atom stereocenters. The maximum Gasteiger partial charge on any atom is 0.416 e. The van der Waals surface area contributed by atoms with Crippen molar-refractivity contribution in [2.45, 2.75) is 19.0 Å². The van der Waals surface area contributed by atoms with Crippen molar-refractivity contribution in [3.8, 4) is 11.5 Å². The molecule has 0 saturated carbocycles.